The molecule has 1 aliphatic heterocycles. The number of benzene rings is 1. The molecule has 4 heteroatoms. The van der Waals surface area contributed by atoms with E-state index in [1.807, 2.05) is 32.0 Å². The fourth-order valence-corrected chi connectivity index (χ4v) is 4.04. The molecule has 0 bridgehead atoms. The molecular weight excluding hydrogens is 266 g/mol. The van der Waals surface area contributed by atoms with Gasteiger partial charge in [-0.05, 0) is 31.7 Å². The van der Waals surface area contributed by atoms with Gasteiger partial charge in [0, 0.05) is 11.5 Å². The molecule has 2 aliphatic carbocycles. The summed E-state index contributed by atoms with van der Waals surface area (Å²) >= 11 is 0. The Kier molecular flexibility index (Phi) is 2.95. The Morgan fingerprint density at radius 3 is 2.76 bits per heavy atom. The lowest BCUT2D eigenvalue weighted by Gasteiger charge is -2.22. The van der Waals surface area contributed by atoms with Gasteiger partial charge in [0.25, 0.3) is 0 Å². The zero-order valence-electron chi connectivity index (χ0n) is 12.6. The van der Waals surface area contributed by atoms with Crippen LogP contribution in [0, 0.1) is 11.8 Å². The molecule has 114 valence electrons. The van der Waals surface area contributed by atoms with Crippen molar-refractivity contribution in [3.8, 4) is 0 Å². The van der Waals surface area contributed by atoms with Gasteiger partial charge in [0.05, 0.1) is 19.3 Å². The van der Waals surface area contributed by atoms with Crippen LogP contribution in [0.1, 0.15) is 25.8 Å². The molecule has 0 amide bonds. The Hall–Kier alpha value is -0.940. The van der Waals surface area contributed by atoms with Crippen molar-refractivity contribution in [3.63, 3.8) is 0 Å². The Balaban J connectivity index is 1.40. The van der Waals surface area contributed by atoms with Gasteiger partial charge in [0.15, 0.2) is 5.79 Å². The predicted octanol–water partition coefficient (Wildman–Crippen LogP) is 2.07. The maximum absolute atomic E-state index is 6.47. The lowest BCUT2D eigenvalue weighted by Crippen LogP contribution is -2.41. The lowest BCUT2D eigenvalue weighted by atomic mass is 10.0. The van der Waals surface area contributed by atoms with Crippen molar-refractivity contribution in [2.24, 2.45) is 17.6 Å². The third kappa shape index (κ3) is 2.21. The third-order valence-corrected chi connectivity index (χ3v) is 5.12. The van der Waals surface area contributed by atoms with E-state index < -0.39 is 5.79 Å². The normalized spacial score (nSPS) is 42.6. The summed E-state index contributed by atoms with van der Waals surface area (Å²) < 4.78 is 18.0. The van der Waals surface area contributed by atoms with Gasteiger partial charge in [-0.1, -0.05) is 30.3 Å². The van der Waals surface area contributed by atoms with Gasteiger partial charge < -0.3 is 19.9 Å². The highest BCUT2D eigenvalue weighted by atomic mass is 16.8. The number of rotatable bonds is 4. The van der Waals surface area contributed by atoms with Crippen LogP contribution in [0.15, 0.2) is 30.3 Å². The maximum Gasteiger partial charge on any atom is 0.163 e. The molecule has 4 nitrogen and oxygen atoms in total. The Bertz CT molecular complexity index is 532. The number of nitrogens with two attached hydrogens (primary N) is 1. The summed E-state index contributed by atoms with van der Waals surface area (Å²) in [6.45, 7) is 5.27. The van der Waals surface area contributed by atoms with Gasteiger partial charge >= 0.3 is 0 Å². The molecule has 3 fully saturated rings. The summed E-state index contributed by atoms with van der Waals surface area (Å²) in [6, 6.07) is 10.3. The van der Waals surface area contributed by atoms with E-state index in [-0.39, 0.29) is 17.7 Å². The Morgan fingerprint density at radius 1 is 1.24 bits per heavy atom. The van der Waals surface area contributed by atoms with Crippen LogP contribution in [-0.2, 0) is 20.8 Å². The van der Waals surface area contributed by atoms with E-state index in [0.29, 0.717) is 25.0 Å². The van der Waals surface area contributed by atoms with Gasteiger partial charge in [-0.25, -0.2) is 0 Å². The fourth-order valence-electron chi connectivity index (χ4n) is 4.04. The molecule has 0 spiro atoms. The van der Waals surface area contributed by atoms with Crippen molar-refractivity contribution in [2.45, 2.75) is 50.4 Å². The van der Waals surface area contributed by atoms with Crippen molar-refractivity contribution in [2.75, 3.05) is 6.61 Å². The van der Waals surface area contributed by atoms with Crippen molar-refractivity contribution >= 4 is 0 Å². The van der Waals surface area contributed by atoms with E-state index in [0.717, 1.165) is 6.42 Å². The van der Waals surface area contributed by atoms with Crippen LogP contribution >= 0.6 is 0 Å². The summed E-state index contributed by atoms with van der Waals surface area (Å²) in [4.78, 5) is 0. The molecule has 5 atom stereocenters. The first kappa shape index (κ1) is 13.7. The summed E-state index contributed by atoms with van der Waals surface area (Å²) in [6.07, 6.45) is 1.15. The average molecular weight is 289 g/mol. The van der Waals surface area contributed by atoms with E-state index >= 15 is 0 Å². The summed E-state index contributed by atoms with van der Waals surface area (Å²) in [5.41, 5.74) is 7.49. The van der Waals surface area contributed by atoms with Crippen molar-refractivity contribution < 1.29 is 14.2 Å². The average Bonchev–Trinajstić information content (AvgIpc) is 2.94. The van der Waals surface area contributed by atoms with Crippen LogP contribution in [0.25, 0.3) is 0 Å². The highest BCUT2D eigenvalue weighted by Gasteiger charge is 2.73. The Labute approximate surface area is 125 Å². The van der Waals surface area contributed by atoms with Crippen LogP contribution in [0.5, 0.6) is 0 Å². The number of fused-ring (bicyclic) bond motifs is 3. The first-order valence-corrected chi connectivity index (χ1v) is 7.76. The van der Waals surface area contributed by atoms with Gasteiger partial charge in [-0.2, -0.15) is 0 Å². The van der Waals surface area contributed by atoms with Crippen molar-refractivity contribution in [3.05, 3.63) is 35.9 Å². The molecule has 0 radical (unpaired) electrons. The highest BCUT2D eigenvalue weighted by Crippen LogP contribution is 2.62. The second-order valence-corrected chi connectivity index (χ2v) is 7.11. The first-order valence-electron chi connectivity index (χ1n) is 7.76. The number of hydrogen-bond donors (Lipinski definition) is 1. The molecular formula is C17H23NO3. The molecule has 2 saturated carbocycles. The molecule has 1 saturated heterocycles. The lowest BCUT2D eigenvalue weighted by molar-refractivity contribution is -0.160. The minimum Gasteiger partial charge on any atom is -0.376 e. The van der Waals surface area contributed by atoms with Gasteiger partial charge in [0.2, 0.25) is 0 Å². The van der Waals surface area contributed by atoms with Gasteiger partial charge in [-0.3, -0.25) is 0 Å². The quantitative estimate of drug-likeness (QED) is 0.922. The Morgan fingerprint density at radius 2 is 2.00 bits per heavy atom. The summed E-state index contributed by atoms with van der Waals surface area (Å²) in [7, 11) is 0. The second-order valence-electron chi connectivity index (χ2n) is 7.11. The molecule has 1 aromatic carbocycles. The standard InChI is InChI=1S/C17H23NO3/c1-16(2)20-14-12(13-8-17(13,18)15(14)21-16)10-19-9-11-6-4-3-5-7-11/h3-7,12-15H,8-10,18H2,1-2H3/t12-,13-,14+,15+,17+/m1/s1. The molecule has 4 rings (SSSR count). The fraction of sp³-hybridized carbons (Fsp3) is 0.647. The predicted molar refractivity (Wildman–Crippen MR) is 78.4 cm³/mol. The second kappa shape index (κ2) is 4.53. The number of hydrogen-bond acceptors (Lipinski definition) is 4. The van der Waals surface area contributed by atoms with E-state index in [9.17, 15) is 0 Å². The zero-order valence-corrected chi connectivity index (χ0v) is 12.6. The van der Waals surface area contributed by atoms with Gasteiger partial charge in [0.1, 0.15) is 6.10 Å². The third-order valence-electron chi connectivity index (χ3n) is 5.12. The van der Waals surface area contributed by atoms with E-state index in [4.69, 9.17) is 19.9 Å². The minimum absolute atomic E-state index is 0.0304. The van der Waals surface area contributed by atoms with E-state index in [2.05, 4.69) is 12.1 Å². The van der Waals surface area contributed by atoms with Crippen LogP contribution in [0.4, 0.5) is 0 Å². The van der Waals surface area contributed by atoms with Crippen LogP contribution in [-0.4, -0.2) is 30.1 Å². The van der Waals surface area contributed by atoms with Crippen LogP contribution in [0.2, 0.25) is 0 Å². The molecule has 0 aromatic heterocycles. The smallest absolute Gasteiger partial charge is 0.163 e. The minimum atomic E-state index is -0.521. The molecule has 0 unspecified atom stereocenters. The van der Waals surface area contributed by atoms with Crippen LogP contribution in [0.3, 0.4) is 0 Å². The maximum atomic E-state index is 6.47. The van der Waals surface area contributed by atoms with Crippen LogP contribution < -0.4 is 5.73 Å². The first-order chi connectivity index (χ1) is 10.00. The molecule has 1 aromatic rings. The van der Waals surface area contributed by atoms with E-state index in [1.54, 1.807) is 0 Å². The SMILES string of the molecule is CC1(C)O[C@H]2[C@H](COCc3ccccc3)[C@H]3C[C@@]3(N)[C@H]2O1. The molecule has 3 aliphatic rings. The van der Waals surface area contributed by atoms with E-state index in [1.165, 1.54) is 5.56 Å². The zero-order chi connectivity index (χ0) is 14.7. The molecule has 21 heavy (non-hydrogen) atoms. The van der Waals surface area contributed by atoms with Crippen molar-refractivity contribution in [1.29, 1.82) is 0 Å². The largest absolute Gasteiger partial charge is 0.376 e. The summed E-state index contributed by atoms with van der Waals surface area (Å²) in [5.74, 6) is 0.317. The molecule has 1 heterocycles. The highest BCUT2D eigenvalue weighted by molar-refractivity contribution is 5.26. The topological polar surface area (TPSA) is 53.7 Å². The molecule has 2 N–H and O–H groups in total. The monoisotopic (exact) mass is 289 g/mol. The van der Waals surface area contributed by atoms with Crippen molar-refractivity contribution in [1.82, 2.24) is 0 Å². The van der Waals surface area contributed by atoms with Gasteiger partial charge in [-0.15, -0.1) is 0 Å². The number of ether oxygens (including phenoxy) is 3. The summed E-state index contributed by atoms with van der Waals surface area (Å²) in [5, 5.41) is 0.